The van der Waals surface area contributed by atoms with Gasteiger partial charge in [-0.15, -0.1) is 0 Å². The van der Waals surface area contributed by atoms with Crippen LogP contribution in [0.25, 0.3) is 0 Å². The summed E-state index contributed by atoms with van der Waals surface area (Å²) in [5, 5.41) is 49.8. The van der Waals surface area contributed by atoms with Gasteiger partial charge in [0.05, 0.1) is 5.56 Å². The van der Waals surface area contributed by atoms with Gasteiger partial charge in [0.1, 0.15) is 37.1 Å². The molecule has 0 aromatic heterocycles. The quantitative estimate of drug-likeness (QED) is 0.138. The standard InChI is InChI=1S/C30H40N4O7/c35-24-13-12-22(28(38)33-24)34-29(39)21-8-5-9-23(26(21)30(34)40)41-17-25(36)31-14-2-1-3-15-32-27(37)20-11-10-18-6-4-7-19(18)16-20/h5,8-11,16,22,24-25,27,29,31-32,35-37,39H,1-4,6-7,12-15,17H2,(H,33,38). The van der Waals surface area contributed by atoms with Crippen molar-refractivity contribution in [1.82, 2.24) is 20.9 Å². The smallest absolute Gasteiger partial charge is 0.261 e. The Labute approximate surface area is 239 Å². The third kappa shape index (κ3) is 6.72. The number of aryl methyl sites for hydroxylation is 2. The minimum atomic E-state index is -1.31. The van der Waals surface area contributed by atoms with Gasteiger partial charge >= 0.3 is 0 Å². The predicted octanol–water partition coefficient (Wildman–Crippen LogP) is 0.957. The minimum Gasteiger partial charge on any atom is -0.489 e. The van der Waals surface area contributed by atoms with Crippen molar-refractivity contribution in [3.63, 3.8) is 0 Å². The van der Waals surface area contributed by atoms with Crippen LogP contribution < -0.4 is 20.7 Å². The molecule has 2 aromatic rings. The molecule has 5 rings (SSSR count). The Kier molecular flexibility index (Phi) is 9.53. The van der Waals surface area contributed by atoms with E-state index in [2.05, 4.69) is 28.1 Å². The molecule has 11 nitrogen and oxygen atoms in total. The van der Waals surface area contributed by atoms with Gasteiger partial charge in [-0.2, -0.15) is 0 Å². The summed E-state index contributed by atoms with van der Waals surface area (Å²) in [7, 11) is 0. The van der Waals surface area contributed by atoms with E-state index in [9.17, 15) is 30.0 Å². The van der Waals surface area contributed by atoms with Crippen molar-refractivity contribution in [3.05, 3.63) is 64.2 Å². The lowest BCUT2D eigenvalue weighted by Gasteiger charge is -2.34. The number of hydrogen-bond donors (Lipinski definition) is 7. The highest BCUT2D eigenvalue weighted by molar-refractivity contribution is 6.04. The minimum absolute atomic E-state index is 0.107. The molecule has 5 atom stereocenters. The summed E-state index contributed by atoms with van der Waals surface area (Å²) in [6.07, 6.45) is 2.60. The highest BCUT2D eigenvalue weighted by Crippen LogP contribution is 2.39. The zero-order valence-corrected chi connectivity index (χ0v) is 23.1. The normalized spacial score (nSPS) is 23.2. The molecule has 2 amide bonds. The second-order valence-electron chi connectivity index (χ2n) is 11.0. The van der Waals surface area contributed by atoms with Crippen LogP contribution in [0.1, 0.15) is 83.6 Å². The van der Waals surface area contributed by atoms with E-state index in [-0.39, 0.29) is 30.8 Å². The van der Waals surface area contributed by atoms with E-state index in [1.54, 1.807) is 18.2 Å². The summed E-state index contributed by atoms with van der Waals surface area (Å²) >= 11 is 0. The molecule has 41 heavy (non-hydrogen) atoms. The highest BCUT2D eigenvalue weighted by atomic mass is 16.5. The number of aliphatic hydroxyl groups is 4. The Hall–Kier alpha value is -3.06. The van der Waals surface area contributed by atoms with Crippen molar-refractivity contribution >= 4 is 11.8 Å². The van der Waals surface area contributed by atoms with Gasteiger partial charge in [-0.25, -0.2) is 0 Å². The molecule has 3 aliphatic rings. The molecule has 7 N–H and O–H groups in total. The number of carbonyl (C=O) groups excluding carboxylic acids is 2. The van der Waals surface area contributed by atoms with E-state index in [1.807, 2.05) is 6.07 Å². The van der Waals surface area contributed by atoms with Crippen LogP contribution in [0.4, 0.5) is 0 Å². The highest BCUT2D eigenvalue weighted by Gasteiger charge is 2.45. The number of rotatable bonds is 13. The summed E-state index contributed by atoms with van der Waals surface area (Å²) in [5.41, 5.74) is 4.14. The first-order valence-corrected chi connectivity index (χ1v) is 14.5. The van der Waals surface area contributed by atoms with Crippen molar-refractivity contribution in [3.8, 4) is 5.75 Å². The molecule has 5 unspecified atom stereocenters. The van der Waals surface area contributed by atoms with Crippen LogP contribution in [0.2, 0.25) is 0 Å². The molecular weight excluding hydrogens is 528 g/mol. The molecule has 2 aliphatic heterocycles. The Morgan fingerprint density at radius 2 is 1.76 bits per heavy atom. The van der Waals surface area contributed by atoms with Gasteiger partial charge in [-0.05, 0) is 80.8 Å². The van der Waals surface area contributed by atoms with Crippen LogP contribution in [0.5, 0.6) is 5.75 Å². The van der Waals surface area contributed by atoms with Gasteiger partial charge in [0.25, 0.3) is 5.91 Å². The van der Waals surface area contributed by atoms with E-state index in [0.29, 0.717) is 18.7 Å². The van der Waals surface area contributed by atoms with Gasteiger partial charge < -0.3 is 30.5 Å². The number of benzene rings is 2. The Morgan fingerprint density at radius 3 is 2.56 bits per heavy atom. The Bertz CT molecular complexity index is 1240. The number of carbonyl (C=O) groups is 2. The summed E-state index contributed by atoms with van der Waals surface area (Å²) in [6.45, 7) is 1.15. The number of hydrogen-bond acceptors (Lipinski definition) is 9. The molecule has 2 heterocycles. The lowest BCUT2D eigenvalue weighted by Crippen LogP contribution is -2.55. The fraction of sp³-hybridized carbons (Fsp3) is 0.533. The molecule has 1 fully saturated rings. The van der Waals surface area contributed by atoms with Crippen LogP contribution in [0.3, 0.4) is 0 Å². The summed E-state index contributed by atoms with van der Waals surface area (Å²) in [6, 6.07) is 10.2. The molecule has 11 heteroatoms. The maximum Gasteiger partial charge on any atom is 0.261 e. The molecule has 222 valence electrons. The van der Waals surface area contributed by atoms with Crippen molar-refractivity contribution in [1.29, 1.82) is 0 Å². The Balaban J connectivity index is 1.01. The predicted molar refractivity (Wildman–Crippen MR) is 150 cm³/mol. The first-order valence-electron chi connectivity index (χ1n) is 14.5. The van der Waals surface area contributed by atoms with Crippen molar-refractivity contribution in [2.24, 2.45) is 0 Å². The third-order valence-corrected chi connectivity index (χ3v) is 8.12. The first-order chi connectivity index (χ1) is 19.8. The summed E-state index contributed by atoms with van der Waals surface area (Å²) in [5.74, 6) is -0.826. The maximum absolute atomic E-state index is 13.2. The lowest BCUT2D eigenvalue weighted by atomic mass is 10.0. The lowest BCUT2D eigenvalue weighted by molar-refractivity contribution is -0.136. The molecule has 1 saturated heterocycles. The SMILES string of the molecule is O=C1NC(O)CCC1N1C(=O)c2c(OCC(O)NCCCCCNC(O)c3ccc4c(c3)CCC4)cccc2C1O. The van der Waals surface area contributed by atoms with Gasteiger partial charge in [-0.3, -0.25) is 25.1 Å². The van der Waals surface area contributed by atoms with E-state index in [4.69, 9.17) is 4.74 Å². The summed E-state index contributed by atoms with van der Waals surface area (Å²) in [4.78, 5) is 26.7. The Morgan fingerprint density at radius 1 is 0.976 bits per heavy atom. The van der Waals surface area contributed by atoms with Gasteiger partial charge in [0, 0.05) is 5.56 Å². The monoisotopic (exact) mass is 568 g/mol. The van der Waals surface area contributed by atoms with E-state index in [0.717, 1.165) is 42.6 Å². The zero-order chi connectivity index (χ0) is 28.9. The van der Waals surface area contributed by atoms with Crippen LogP contribution in [0.15, 0.2) is 36.4 Å². The number of ether oxygens (including phenoxy) is 1. The fourth-order valence-electron chi connectivity index (χ4n) is 5.90. The maximum atomic E-state index is 13.2. The topological polar surface area (TPSA) is 164 Å². The average Bonchev–Trinajstić information content (AvgIpc) is 3.53. The number of nitrogens with one attached hydrogen (secondary N) is 3. The van der Waals surface area contributed by atoms with Crippen LogP contribution in [0, 0.1) is 0 Å². The summed E-state index contributed by atoms with van der Waals surface area (Å²) < 4.78 is 5.75. The number of aliphatic hydroxyl groups excluding tert-OH is 4. The number of unbranched alkanes of at least 4 members (excludes halogenated alkanes) is 2. The molecule has 0 spiro atoms. The molecule has 2 aromatic carbocycles. The number of fused-ring (bicyclic) bond motifs is 2. The number of amides is 2. The first kappa shape index (κ1) is 29.4. The van der Waals surface area contributed by atoms with E-state index < -0.39 is 42.8 Å². The third-order valence-electron chi connectivity index (χ3n) is 8.12. The van der Waals surface area contributed by atoms with Gasteiger partial charge in [0.2, 0.25) is 5.91 Å². The number of nitrogens with zero attached hydrogens (tertiary/aromatic N) is 1. The molecule has 0 bridgehead atoms. The van der Waals surface area contributed by atoms with E-state index >= 15 is 0 Å². The zero-order valence-electron chi connectivity index (χ0n) is 23.1. The van der Waals surface area contributed by atoms with Gasteiger partial charge in [-0.1, -0.05) is 36.8 Å². The second kappa shape index (κ2) is 13.3. The van der Waals surface area contributed by atoms with Crippen molar-refractivity contribution in [2.45, 2.75) is 82.3 Å². The van der Waals surface area contributed by atoms with Crippen LogP contribution >= 0.6 is 0 Å². The fourth-order valence-corrected chi connectivity index (χ4v) is 5.90. The second-order valence-corrected chi connectivity index (χ2v) is 11.0. The number of piperidine rings is 1. The molecule has 0 radical (unpaired) electrons. The van der Waals surface area contributed by atoms with Crippen molar-refractivity contribution in [2.75, 3.05) is 19.7 Å². The van der Waals surface area contributed by atoms with Gasteiger partial charge in [0.15, 0.2) is 6.23 Å². The molecule has 0 saturated carbocycles. The average molecular weight is 569 g/mol. The molecule has 1 aliphatic carbocycles. The van der Waals surface area contributed by atoms with E-state index in [1.165, 1.54) is 17.5 Å². The van der Waals surface area contributed by atoms with Crippen molar-refractivity contribution < 1.29 is 34.8 Å². The largest absolute Gasteiger partial charge is 0.489 e. The van der Waals surface area contributed by atoms with Crippen LogP contribution in [-0.4, -0.2) is 75.3 Å². The van der Waals surface area contributed by atoms with Crippen LogP contribution in [-0.2, 0) is 17.6 Å². The molecular formula is C30H40N4O7.